The van der Waals surface area contributed by atoms with Crippen molar-refractivity contribution in [2.24, 2.45) is 5.73 Å². The van der Waals surface area contributed by atoms with Gasteiger partial charge in [0.05, 0.1) is 24.2 Å². The van der Waals surface area contributed by atoms with Gasteiger partial charge in [-0.05, 0) is 26.0 Å². The van der Waals surface area contributed by atoms with Crippen LogP contribution in [0.1, 0.15) is 13.8 Å². The van der Waals surface area contributed by atoms with E-state index in [4.69, 9.17) is 25.5 Å². The molecule has 0 saturated heterocycles. The standard InChI is InChI=1S/C10H15N3O.C2H6O4S/c1-7(2)14-9-6-4-3-5-8(9)13-10(11)12;3-1-2-7(4,5)6/h3-7H,1-2H3,(H4,11,12,13);3H,1-2H2,(H,4,5,6). The van der Waals surface area contributed by atoms with E-state index in [9.17, 15) is 8.42 Å². The Labute approximate surface area is 124 Å². The predicted molar refractivity (Wildman–Crippen MR) is 81.2 cm³/mol. The highest BCUT2D eigenvalue weighted by molar-refractivity contribution is 7.85. The maximum Gasteiger partial charge on any atom is 0.267 e. The van der Waals surface area contributed by atoms with E-state index in [-0.39, 0.29) is 12.1 Å². The smallest absolute Gasteiger partial charge is 0.267 e. The number of nitrogens with one attached hydrogen (secondary N) is 2. The van der Waals surface area contributed by atoms with Gasteiger partial charge >= 0.3 is 0 Å². The molecule has 0 aromatic heterocycles. The minimum atomic E-state index is -3.92. The van der Waals surface area contributed by atoms with Gasteiger partial charge in [-0.3, -0.25) is 9.96 Å². The van der Waals surface area contributed by atoms with E-state index in [0.717, 1.165) is 0 Å². The third kappa shape index (κ3) is 10.6. The van der Waals surface area contributed by atoms with Gasteiger partial charge in [0.1, 0.15) is 5.75 Å². The van der Waals surface area contributed by atoms with Gasteiger partial charge in [-0.25, -0.2) is 0 Å². The number of para-hydroxylation sites is 2. The fourth-order valence-corrected chi connectivity index (χ4v) is 1.42. The zero-order chi connectivity index (χ0) is 16.5. The summed E-state index contributed by atoms with van der Waals surface area (Å²) in [5.74, 6) is 0.0370. The van der Waals surface area contributed by atoms with Crippen LogP contribution in [0.4, 0.5) is 5.69 Å². The quantitative estimate of drug-likeness (QED) is 0.304. The summed E-state index contributed by atoms with van der Waals surface area (Å²) in [5, 5.41) is 17.7. The molecule has 9 heteroatoms. The number of hydrogen-bond donors (Lipinski definition) is 5. The van der Waals surface area contributed by atoms with E-state index in [1.54, 1.807) is 0 Å². The van der Waals surface area contributed by atoms with Crippen LogP contribution in [0.25, 0.3) is 0 Å². The molecule has 21 heavy (non-hydrogen) atoms. The molecule has 8 nitrogen and oxygen atoms in total. The predicted octanol–water partition coefficient (Wildman–Crippen LogP) is 0.646. The molecule has 0 unspecified atom stereocenters. The molecule has 0 atom stereocenters. The van der Waals surface area contributed by atoms with Crippen molar-refractivity contribution in [1.82, 2.24) is 0 Å². The van der Waals surface area contributed by atoms with Crippen LogP contribution in [0, 0.1) is 5.41 Å². The van der Waals surface area contributed by atoms with Gasteiger partial charge < -0.3 is 20.9 Å². The number of benzene rings is 1. The number of aliphatic hydroxyl groups is 1. The Hall–Kier alpha value is -1.84. The van der Waals surface area contributed by atoms with Gasteiger partial charge in [-0.1, -0.05) is 12.1 Å². The Kier molecular flexibility index (Phi) is 8.36. The van der Waals surface area contributed by atoms with Crippen molar-refractivity contribution in [1.29, 1.82) is 5.41 Å². The lowest BCUT2D eigenvalue weighted by molar-refractivity contribution is 0.244. The van der Waals surface area contributed by atoms with Crippen LogP contribution in [0.5, 0.6) is 5.75 Å². The molecular weight excluding hydrogens is 298 g/mol. The monoisotopic (exact) mass is 319 g/mol. The molecule has 6 N–H and O–H groups in total. The second kappa shape index (κ2) is 9.16. The number of guanidine groups is 1. The third-order valence-electron chi connectivity index (χ3n) is 1.87. The lowest BCUT2D eigenvalue weighted by Crippen LogP contribution is -2.21. The third-order valence-corrected chi connectivity index (χ3v) is 2.57. The summed E-state index contributed by atoms with van der Waals surface area (Å²) < 4.78 is 32.6. The van der Waals surface area contributed by atoms with E-state index >= 15 is 0 Å². The van der Waals surface area contributed by atoms with Crippen LogP contribution in [0.3, 0.4) is 0 Å². The molecule has 0 fully saturated rings. The fourth-order valence-electron chi connectivity index (χ4n) is 1.19. The summed E-state index contributed by atoms with van der Waals surface area (Å²) >= 11 is 0. The Morgan fingerprint density at radius 1 is 1.43 bits per heavy atom. The molecule has 0 aliphatic rings. The summed E-state index contributed by atoms with van der Waals surface area (Å²) in [5.41, 5.74) is 5.96. The largest absolute Gasteiger partial charge is 0.489 e. The van der Waals surface area contributed by atoms with E-state index in [2.05, 4.69) is 5.32 Å². The zero-order valence-electron chi connectivity index (χ0n) is 11.9. The number of nitrogens with two attached hydrogens (primary N) is 1. The first-order valence-corrected chi connectivity index (χ1v) is 7.69. The maximum absolute atomic E-state index is 9.63. The Bertz CT molecular complexity index is 546. The van der Waals surface area contributed by atoms with E-state index in [1.165, 1.54) is 0 Å². The Morgan fingerprint density at radius 3 is 2.38 bits per heavy atom. The highest BCUT2D eigenvalue weighted by Crippen LogP contribution is 2.24. The number of anilines is 1. The summed E-state index contributed by atoms with van der Waals surface area (Å²) in [6.07, 6.45) is 0.102. The number of hydrogen-bond acceptors (Lipinski definition) is 5. The van der Waals surface area contributed by atoms with Crippen molar-refractivity contribution in [3.05, 3.63) is 24.3 Å². The number of ether oxygens (including phenoxy) is 1. The van der Waals surface area contributed by atoms with Crippen LogP contribution >= 0.6 is 0 Å². The molecule has 120 valence electrons. The van der Waals surface area contributed by atoms with Crippen molar-refractivity contribution < 1.29 is 22.8 Å². The normalized spacial score (nSPS) is 10.5. The van der Waals surface area contributed by atoms with Gasteiger partial charge in [0.2, 0.25) is 0 Å². The molecule has 0 spiro atoms. The highest BCUT2D eigenvalue weighted by Gasteiger charge is 2.04. The van der Waals surface area contributed by atoms with Crippen LogP contribution < -0.4 is 15.8 Å². The van der Waals surface area contributed by atoms with Gasteiger partial charge in [-0.2, -0.15) is 8.42 Å². The molecule has 0 aliphatic carbocycles. The topological polar surface area (TPSA) is 146 Å². The van der Waals surface area contributed by atoms with Crippen molar-refractivity contribution in [3.8, 4) is 5.75 Å². The van der Waals surface area contributed by atoms with Gasteiger partial charge in [0, 0.05) is 0 Å². The van der Waals surface area contributed by atoms with Crippen molar-refractivity contribution >= 4 is 21.8 Å². The lowest BCUT2D eigenvalue weighted by Gasteiger charge is -2.14. The summed E-state index contributed by atoms with van der Waals surface area (Å²) in [6, 6.07) is 7.39. The average Bonchev–Trinajstić information content (AvgIpc) is 2.29. The van der Waals surface area contributed by atoms with Crippen molar-refractivity contribution in [2.75, 3.05) is 17.7 Å². The minimum absolute atomic E-state index is 0.0928. The number of rotatable bonds is 5. The Balaban J connectivity index is 0.000000486. The van der Waals surface area contributed by atoms with E-state index < -0.39 is 22.5 Å². The molecule has 1 rings (SSSR count). The SMILES string of the molecule is CC(C)Oc1ccccc1NC(=N)N.O=S(=O)(O)CCO. The molecule has 0 saturated carbocycles. The summed E-state index contributed by atoms with van der Waals surface area (Å²) in [4.78, 5) is 0. The molecule has 1 aromatic rings. The van der Waals surface area contributed by atoms with E-state index in [0.29, 0.717) is 11.4 Å². The van der Waals surface area contributed by atoms with Crippen LogP contribution in [-0.4, -0.2) is 42.5 Å². The second-order valence-corrected chi connectivity index (χ2v) is 5.78. The first-order chi connectivity index (χ1) is 9.65. The molecule has 0 bridgehead atoms. The first-order valence-electron chi connectivity index (χ1n) is 6.08. The molecule has 1 aromatic carbocycles. The number of aliphatic hydroxyl groups excluding tert-OH is 1. The van der Waals surface area contributed by atoms with Crippen LogP contribution in [-0.2, 0) is 10.1 Å². The first kappa shape index (κ1) is 19.2. The van der Waals surface area contributed by atoms with Crippen LogP contribution in [0.2, 0.25) is 0 Å². The second-order valence-electron chi connectivity index (χ2n) is 4.21. The fraction of sp³-hybridized carbons (Fsp3) is 0.417. The molecule has 0 amide bonds. The molecule has 0 radical (unpaired) electrons. The van der Waals surface area contributed by atoms with Gasteiger partial charge in [0.15, 0.2) is 5.96 Å². The summed E-state index contributed by atoms with van der Waals surface area (Å²) in [7, 11) is -3.92. The maximum atomic E-state index is 9.63. The highest BCUT2D eigenvalue weighted by atomic mass is 32.2. The summed E-state index contributed by atoms with van der Waals surface area (Å²) in [6.45, 7) is 3.37. The van der Waals surface area contributed by atoms with Crippen LogP contribution in [0.15, 0.2) is 24.3 Å². The molecular formula is C12H21N3O5S. The minimum Gasteiger partial charge on any atom is -0.489 e. The van der Waals surface area contributed by atoms with Gasteiger partial charge in [-0.15, -0.1) is 0 Å². The van der Waals surface area contributed by atoms with Gasteiger partial charge in [0.25, 0.3) is 10.1 Å². The lowest BCUT2D eigenvalue weighted by atomic mass is 10.3. The average molecular weight is 319 g/mol. The molecule has 0 heterocycles. The molecule has 0 aliphatic heterocycles. The van der Waals surface area contributed by atoms with E-state index in [1.807, 2.05) is 38.1 Å². The van der Waals surface area contributed by atoms with Crippen molar-refractivity contribution in [2.45, 2.75) is 20.0 Å². The zero-order valence-corrected chi connectivity index (χ0v) is 12.7. The van der Waals surface area contributed by atoms with Crippen molar-refractivity contribution in [3.63, 3.8) is 0 Å². The Morgan fingerprint density at radius 2 is 2.00 bits per heavy atom.